The van der Waals surface area contributed by atoms with Crippen molar-refractivity contribution in [3.8, 4) is 0 Å². The van der Waals surface area contributed by atoms with E-state index < -0.39 is 29.2 Å². The van der Waals surface area contributed by atoms with Crippen LogP contribution in [0.25, 0.3) is 0 Å². The summed E-state index contributed by atoms with van der Waals surface area (Å²) in [5.41, 5.74) is 5.04. The fourth-order valence-electron chi connectivity index (χ4n) is 2.94. The fraction of sp³-hybridized carbons (Fsp3) is 0.471. The van der Waals surface area contributed by atoms with Crippen LogP contribution < -0.4 is 16.4 Å². The number of carbonyl (C=O) groups is 3. The molecule has 0 radical (unpaired) electrons. The molecule has 1 saturated heterocycles. The number of hydrogen-bond acceptors (Lipinski definition) is 4. The molecule has 0 bridgehead atoms. The molecule has 9 heteroatoms. The molecule has 1 aromatic carbocycles. The van der Waals surface area contributed by atoms with Crippen molar-refractivity contribution in [3.63, 3.8) is 0 Å². The molecule has 4 amide bonds. The van der Waals surface area contributed by atoms with Gasteiger partial charge < -0.3 is 16.4 Å². The Morgan fingerprint density at radius 1 is 1.38 bits per heavy atom. The largest absolute Gasteiger partial charge is 0.353 e. The van der Waals surface area contributed by atoms with Gasteiger partial charge in [0, 0.05) is 12.6 Å². The molecule has 1 heterocycles. The van der Waals surface area contributed by atoms with Gasteiger partial charge in [-0.1, -0.05) is 12.1 Å². The summed E-state index contributed by atoms with van der Waals surface area (Å²) in [6.45, 7) is 1.47. The first-order chi connectivity index (χ1) is 11.8. The van der Waals surface area contributed by atoms with Crippen molar-refractivity contribution in [3.05, 3.63) is 35.6 Å². The van der Waals surface area contributed by atoms with Crippen LogP contribution in [0, 0.1) is 11.7 Å². The Labute approximate surface area is 156 Å². The molecule has 2 unspecified atom stereocenters. The summed E-state index contributed by atoms with van der Waals surface area (Å²) in [5.74, 6) is -0.986. The average Bonchev–Trinajstić information content (AvgIpc) is 3.39. The summed E-state index contributed by atoms with van der Waals surface area (Å²) in [6.07, 6.45) is 2.14. The first-order valence-corrected chi connectivity index (χ1v) is 8.23. The van der Waals surface area contributed by atoms with Gasteiger partial charge in [0.05, 0.1) is 0 Å². The van der Waals surface area contributed by atoms with E-state index in [-0.39, 0.29) is 25.0 Å². The van der Waals surface area contributed by atoms with Crippen molar-refractivity contribution >= 4 is 30.3 Å². The number of amides is 4. The number of nitrogens with two attached hydrogens (primary N) is 1. The second-order valence-corrected chi connectivity index (χ2v) is 6.76. The Morgan fingerprint density at radius 3 is 2.58 bits per heavy atom. The predicted molar refractivity (Wildman–Crippen MR) is 95.0 cm³/mol. The number of halogens is 2. The molecule has 1 aromatic rings. The highest BCUT2D eigenvalue weighted by Gasteiger charge is 2.49. The van der Waals surface area contributed by atoms with Crippen LogP contribution in [0.1, 0.15) is 25.3 Å². The lowest BCUT2D eigenvalue weighted by atomic mass is 9.92. The van der Waals surface area contributed by atoms with Gasteiger partial charge >= 0.3 is 6.03 Å². The summed E-state index contributed by atoms with van der Waals surface area (Å²) in [7, 11) is 0. The van der Waals surface area contributed by atoms with Gasteiger partial charge in [0.25, 0.3) is 5.91 Å². The molecule has 0 spiro atoms. The highest BCUT2D eigenvalue weighted by atomic mass is 35.5. The molecule has 1 aliphatic carbocycles. The van der Waals surface area contributed by atoms with Crippen LogP contribution in [0.5, 0.6) is 0 Å². The summed E-state index contributed by atoms with van der Waals surface area (Å²) in [5, 5.41) is 5.23. The Bertz CT molecular complexity index is 710. The molecule has 3 rings (SSSR count). The molecule has 1 aliphatic heterocycles. The maximum atomic E-state index is 13.1. The average molecular weight is 385 g/mol. The molecular weight excluding hydrogens is 363 g/mol. The van der Waals surface area contributed by atoms with E-state index in [1.54, 1.807) is 0 Å². The van der Waals surface area contributed by atoms with Crippen LogP contribution in [0.15, 0.2) is 24.3 Å². The van der Waals surface area contributed by atoms with Gasteiger partial charge in [-0.25, -0.2) is 9.18 Å². The first-order valence-electron chi connectivity index (χ1n) is 8.23. The Kier molecular flexibility index (Phi) is 5.87. The Hall–Kier alpha value is -2.19. The topological polar surface area (TPSA) is 105 Å². The lowest BCUT2D eigenvalue weighted by molar-refractivity contribution is -0.134. The standard InChI is InChI=1S/C17H21FN4O3.ClH/c1-17(11-4-6-12(18)7-5-11)15(24)22(16(25)21-17)9-14(23)20-8-13(19)10-2-3-10;/h4-7,10,13H,2-3,8-9,19H2,1H3,(H,20,23)(H,21,25);1H. The first kappa shape index (κ1) is 20.1. The van der Waals surface area contributed by atoms with Gasteiger partial charge in [-0.3, -0.25) is 14.5 Å². The van der Waals surface area contributed by atoms with E-state index in [0.717, 1.165) is 17.7 Å². The van der Waals surface area contributed by atoms with Crippen LogP contribution in [-0.2, 0) is 15.1 Å². The number of nitrogens with one attached hydrogen (secondary N) is 2. The van der Waals surface area contributed by atoms with Crippen molar-refractivity contribution < 1.29 is 18.8 Å². The van der Waals surface area contributed by atoms with E-state index in [9.17, 15) is 18.8 Å². The van der Waals surface area contributed by atoms with Crippen LogP contribution in [0.3, 0.4) is 0 Å². The zero-order valence-electron chi connectivity index (χ0n) is 14.3. The van der Waals surface area contributed by atoms with Crippen molar-refractivity contribution in [2.75, 3.05) is 13.1 Å². The minimum Gasteiger partial charge on any atom is -0.353 e. The molecule has 2 aliphatic rings. The van der Waals surface area contributed by atoms with Crippen LogP contribution >= 0.6 is 12.4 Å². The monoisotopic (exact) mass is 384 g/mol. The van der Waals surface area contributed by atoms with Gasteiger partial charge in [-0.05, 0) is 43.4 Å². The van der Waals surface area contributed by atoms with Crippen molar-refractivity contribution in [2.24, 2.45) is 11.7 Å². The molecule has 26 heavy (non-hydrogen) atoms. The quantitative estimate of drug-likeness (QED) is 0.633. The van der Waals surface area contributed by atoms with Crippen molar-refractivity contribution in [1.82, 2.24) is 15.5 Å². The highest BCUT2D eigenvalue weighted by Crippen LogP contribution is 2.31. The summed E-state index contributed by atoms with van der Waals surface area (Å²) >= 11 is 0. The maximum absolute atomic E-state index is 13.1. The minimum absolute atomic E-state index is 0. The van der Waals surface area contributed by atoms with Crippen molar-refractivity contribution in [2.45, 2.75) is 31.3 Å². The van der Waals surface area contributed by atoms with E-state index in [4.69, 9.17) is 5.73 Å². The van der Waals surface area contributed by atoms with Gasteiger partial charge in [-0.15, -0.1) is 12.4 Å². The van der Waals surface area contributed by atoms with Crippen LogP contribution in [0.2, 0.25) is 0 Å². The van der Waals surface area contributed by atoms with Gasteiger partial charge in [0.2, 0.25) is 5.91 Å². The minimum atomic E-state index is -1.32. The molecule has 4 N–H and O–H groups in total. The number of hydrogen-bond donors (Lipinski definition) is 3. The Balaban J connectivity index is 0.00000243. The summed E-state index contributed by atoms with van der Waals surface area (Å²) < 4.78 is 13.1. The lowest BCUT2D eigenvalue weighted by Crippen LogP contribution is -2.45. The van der Waals surface area contributed by atoms with E-state index in [2.05, 4.69) is 10.6 Å². The number of carbonyl (C=O) groups excluding carboxylic acids is 3. The van der Waals surface area contributed by atoms with Crippen LogP contribution in [0.4, 0.5) is 9.18 Å². The van der Waals surface area contributed by atoms with E-state index in [1.165, 1.54) is 31.2 Å². The molecule has 1 saturated carbocycles. The Morgan fingerprint density at radius 2 is 2.00 bits per heavy atom. The fourth-order valence-corrected chi connectivity index (χ4v) is 2.94. The third-order valence-electron chi connectivity index (χ3n) is 4.76. The van der Waals surface area contributed by atoms with E-state index in [1.807, 2.05) is 0 Å². The third-order valence-corrected chi connectivity index (χ3v) is 4.76. The molecule has 142 valence electrons. The van der Waals surface area contributed by atoms with Gasteiger partial charge in [0.1, 0.15) is 17.9 Å². The van der Waals surface area contributed by atoms with Gasteiger partial charge in [-0.2, -0.15) is 0 Å². The predicted octanol–water partition coefficient (Wildman–Crippen LogP) is 0.868. The number of benzene rings is 1. The van der Waals surface area contributed by atoms with E-state index >= 15 is 0 Å². The molecule has 2 fully saturated rings. The zero-order valence-corrected chi connectivity index (χ0v) is 15.1. The smallest absolute Gasteiger partial charge is 0.325 e. The second-order valence-electron chi connectivity index (χ2n) is 6.76. The number of imide groups is 1. The SMILES string of the molecule is CC1(c2ccc(F)cc2)NC(=O)N(CC(=O)NCC(N)C2CC2)C1=O.Cl. The van der Waals surface area contributed by atoms with Crippen LogP contribution in [-0.4, -0.2) is 41.9 Å². The van der Waals surface area contributed by atoms with Crippen molar-refractivity contribution in [1.29, 1.82) is 0 Å². The highest BCUT2D eigenvalue weighted by molar-refractivity contribution is 6.09. The maximum Gasteiger partial charge on any atom is 0.325 e. The van der Waals surface area contributed by atoms with Gasteiger partial charge in [0.15, 0.2) is 0 Å². The summed E-state index contributed by atoms with van der Waals surface area (Å²) in [6, 6.07) is 4.55. The number of nitrogens with zero attached hydrogens (tertiary/aromatic N) is 1. The summed E-state index contributed by atoms with van der Waals surface area (Å²) in [4.78, 5) is 37.7. The molecule has 2 atom stereocenters. The second kappa shape index (κ2) is 7.59. The third kappa shape index (κ3) is 3.96. The number of urea groups is 1. The zero-order chi connectivity index (χ0) is 18.2. The normalized spacial score (nSPS) is 23.3. The van der Waals surface area contributed by atoms with E-state index in [0.29, 0.717) is 18.0 Å². The number of rotatable bonds is 6. The molecule has 7 nitrogen and oxygen atoms in total. The lowest BCUT2D eigenvalue weighted by Gasteiger charge is -2.22. The molecular formula is C17H22ClFN4O3. The molecule has 0 aromatic heterocycles.